The van der Waals surface area contributed by atoms with Gasteiger partial charge in [-0.3, -0.25) is 0 Å². The highest BCUT2D eigenvalue weighted by molar-refractivity contribution is 5.41. The van der Waals surface area contributed by atoms with Gasteiger partial charge in [0.15, 0.2) is 0 Å². The van der Waals surface area contributed by atoms with Crippen molar-refractivity contribution in [2.75, 3.05) is 12.3 Å². The minimum absolute atomic E-state index is 0.0869. The van der Waals surface area contributed by atoms with E-state index in [1.54, 1.807) is 6.07 Å². The van der Waals surface area contributed by atoms with E-state index < -0.39 is 11.9 Å². The second-order valence-electron chi connectivity index (χ2n) is 2.57. The third kappa shape index (κ3) is 1.72. The van der Waals surface area contributed by atoms with Crippen molar-refractivity contribution in [1.82, 2.24) is 0 Å². The summed E-state index contributed by atoms with van der Waals surface area (Å²) < 4.78 is 12.8. The first-order valence-corrected chi connectivity index (χ1v) is 3.56. The van der Waals surface area contributed by atoms with Crippen LogP contribution in [0.1, 0.15) is 11.6 Å². The van der Waals surface area contributed by atoms with Gasteiger partial charge in [-0.25, -0.2) is 4.39 Å². The highest BCUT2D eigenvalue weighted by Gasteiger charge is 2.06. The van der Waals surface area contributed by atoms with E-state index in [4.69, 9.17) is 16.6 Å². The number of hydrogen-bond donors (Lipinski definition) is 3. The van der Waals surface area contributed by atoms with Gasteiger partial charge in [0.25, 0.3) is 0 Å². The molecule has 0 heterocycles. The van der Waals surface area contributed by atoms with Gasteiger partial charge < -0.3 is 16.6 Å². The molecule has 3 nitrogen and oxygen atoms in total. The Bertz CT molecular complexity index is 278. The number of nitrogens with two attached hydrogens (primary N) is 2. The molecule has 0 spiro atoms. The molecule has 4 heteroatoms. The molecule has 0 aliphatic heterocycles. The lowest BCUT2D eigenvalue weighted by Gasteiger charge is -2.08. The SMILES string of the molecule is Nc1ccc([C@@H](N)CO)cc1F. The maximum Gasteiger partial charge on any atom is 0.146 e. The third-order valence-electron chi connectivity index (χ3n) is 1.65. The molecule has 0 saturated carbocycles. The van der Waals surface area contributed by atoms with Crippen molar-refractivity contribution in [3.8, 4) is 0 Å². The average molecular weight is 170 g/mol. The number of rotatable bonds is 2. The largest absolute Gasteiger partial charge is 0.396 e. The highest BCUT2D eigenvalue weighted by atomic mass is 19.1. The monoisotopic (exact) mass is 170 g/mol. The van der Waals surface area contributed by atoms with Crippen molar-refractivity contribution < 1.29 is 9.50 Å². The van der Waals surface area contributed by atoms with Gasteiger partial charge in [0.05, 0.1) is 18.3 Å². The molecule has 0 amide bonds. The van der Waals surface area contributed by atoms with E-state index >= 15 is 0 Å². The van der Waals surface area contributed by atoms with Crippen LogP contribution in [-0.4, -0.2) is 11.7 Å². The smallest absolute Gasteiger partial charge is 0.146 e. The summed E-state index contributed by atoms with van der Waals surface area (Å²) in [4.78, 5) is 0. The third-order valence-corrected chi connectivity index (χ3v) is 1.65. The number of anilines is 1. The van der Waals surface area contributed by atoms with Crippen LogP contribution in [0.2, 0.25) is 0 Å². The van der Waals surface area contributed by atoms with Crippen molar-refractivity contribution in [3.05, 3.63) is 29.6 Å². The molecule has 66 valence electrons. The predicted molar refractivity (Wildman–Crippen MR) is 44.8 cm³/mol. The molecule has 1 aromatic carbocycles. The minimum atomic E-state index is -0.542. The minimum Gasteiger partial charge on any atom is -0.396 e. The highest BCUT2D eigenvalue weighted by Crippen LogP contribution is 2.16. The molecule has 0 aromatic heterocycles. The number of nitrogen functional groups attached to an aromatic ring is 1. The summed E-state index contributed by atoms with van der Waals surface area (Å²) >= 11 is 0. The zero-order chi connectivity index (χ0) is 9.14. The zero-order valence-corrected chi connectivity index (χ0v) is 6.50. The van der Waals surface area contributed by atoms with E-state index in [1.165, 1.54) is 12.1 Å². The van der Waals surface area contributed by atoms with E-state index in [0.29, 0.717) is 5.56 Å². The normalized spacial score (nSPS) is 12.9. The Labute approximate surface area is 69.8 Å². The van der Waals surface area contributed by atoms with Crippen molar-refractivity contribution in [1.29, 1.82) is 0 Å². The quantitative estimate of drug-likeness (QED) is 0.562. The summed E-state index contributed by atoms with van der Waals surface area (Å²) in [6, 6.07) is 3.72. The van der Waals surface area contributed by atoms with Gasteiger partial charge in [0.2, 0.25) is 0 Å². The van der Waals surface area contributed by atoms with E-state index in [9.17, 15) is 4.39 Å². The molecule has 0 aliphatic rings. The van der Waals surface area contributed by atoms with Crippen LogP contribution in [0.4, 0.5) is 10.1 Å². The number of aliphatic hydroxyl groups is 1. The Kier molecular flexibility index (Phi) is 2.62. The van der Waals surface area contributed by atoms with Gasteiger partial charge in [-0.2, -0.15) is 0 Å². The maximum absolute atomic E-state index is 12.8. The van der Waals surface area contributed by atoms with Crippen LogP contribution in [0.15, 0.2) is 18.2 Å². The Morgan fingerprint density at radius 1 is 1.50 bits per heavy atom. The second kappa shape index (κ2) is 3.51. The lowest BCUT2D eigenvalue weighted by atomic mass is 10.1. The predicted octanol–water partition coefficient (Wildman–Crippen LogP) is 0.400. The fourth-order valence-corrected chi connectivity index (χ4v) is 0.879. The van der Waals surface area contributed by atoms with Gasteiger partial charge in [-0.15, -0.1) is 0 Å². The molecule has 0 bridgehead atoms. The van der Waals surface area contributed by atoms with Crippen LogP contribution < -0.4 is 11.5 Å². The molecule has 5 N–H and O–H groups in total. The van der Waals surface area contributed by atoms with Crippen LogP contribution in [0.5, 0.6) is 0 Å². The summed E-state index contributed by atoms with van der Waals surface area (Å²) in [6.07, 6.45) is 0. The maximum atomic E-state index is 12.8. The van der Waals surface area contributed by atoms with E-state index in [2.05, 4.69) is 0 Å². The number of halogens is 1. The summed E-state index contributed by atoms with van der Waals surface area (Å²) in [7, 11) is 0. The fourth-order valence-electron chi connectivity index (χ4n) is 0.879. The molecule has 0 aliphatic carbocycles. The summed E-state index contributed by atoms with van der Waals surface area (Å²) in [5.41, 5.74) is 11.3. The number of hydrogen-bond acceptors (Lipinski definition) is 3. The summed E-state index contributed by atoms with van der Waals surface area (Å²) in [5, 5.41) is 8.67. The molecule has 1 rings (SSSR count). The van der Waals surface area contributed by atoms with Gasteiger partial charge in [-0.05, 0) is 17.7 Å². The lowest BCUT2D eigenvalue weighted by Crippen LogP contribution is -2.14. The number of aliphatic hydroxyl groups excluding tert-OH is 1. The van der Waals surface area contributed by atoms with Gasteiger partial charge in [0.1, 0.15) is 5.82 Å². The van der Waals surface area contributed by atoms with Crippen molar-refractivity contribution >= 4 is 5.69 Å². The van der Waals surface area contributed by atoms with Crippen LogP contribution >= 0.6 is 0 Å². The molecule has 0 radical (unpaired) electrons. The topological polar surface area (TPSA) is 72.3 Å². The van der Waals surface area contributed by atoms with Crippen LogP contribution in [-0.2, 0) is 0 Å². The van der Waals surface area contributed by atoms with E-state index in [1.807, 2.05) is 0 Å². The summed E-state index contributed by atoms with van der Waals surface area (Å²) in [5.74, 6) is -0.503. The van der Waals surface area contributed by atoms with Gasteiger partial charge in [0, 0.05) is 0 Å². The first kappa shape index (κ1) is 8.96. The zero-order valence-electron chi connectivity index (χ0n) is 6.50. The van der Waals surface area contributed by atoms with Gasteiger partial charge in [-0.1, -0.05) is 6.07 Å². The van der Waals surface area contributed by atoms with Crippen molar-refractivity contribution in [2.24, 2.45) is 5.73 Å². The van der Waals surface area contributed by atoms with Crippen LogP contribution in [0, 0.1) is 5.82 Å². The Hall–Kier alpha value is -1.13. The molecule has 1 aromatic rings. The molecular formula is C8H11FN2O. The fraction of sp³-hybridized carbons (Fsp3) is 0.250. The Balaban J connectivity index is 2.96. The standard InChI is InChI=1S/C8H11FN2O/c9-6-3-5(8(11)4-12)1-2-7(6)10/h1-3,8,12H,4,10-11H2/t8-/m0/s1. The first-order valence-electron chi connectivity index (χ1n) is 3.56. The van der Waals surface area contributed by atoms with Crippen molar-refractivity contribution in [3.63, 3.8) is 0 Å². The molecular weight excluding hydrogens is 159 g/mol. The summed E-state index contributed by atoms with van der Waals surface area (Å²) in [6.45, 7) is -0.205. The average Bonchev–Trinajstić information content (AvgIpc) is 2.08. The van der Waals surface area contributed by atoms with Gasteiger partial charge >= 0.3 is 0 Å². The lowest BCUT2D eigenvalue weighted by molar-refractivity contribution is 0.268. The van der Waals surface area contributed by atoms with Crippen LogP contribution in [0.25, 0.3) is 0 Å². The Morgan fingerprint density at radius 2 is 2.17 bits per heavy atom. The molecule has 0 fully saturated rings. The molecule has 0 saturated heterocycles. The molecule has 0 unspecified atom stereocenters. The Morgan fingerprint density at radius 3 is 2.67 bits per heavy atom. The first-order chi connectivity index (χ1) is 5.65. The van der Waals surface area contributed by atoms with Crippen molar-refractivity contribution in [2.45, 2.75) is 6.04 Å². The van der Waals surface area contributed by atoms with E-state index in [-0.39, 0.29) is 12.3 Å². The number of benzene rings is 1. The molecule has 1 atom stereocenters. The van der Waals surface area contributed by atoms with E-state index in [0.717, 1.165) is 0 Å². The van der Waals surface area contributed by atoms with Crippen LogP contribution in [0.3, 0.4) is 0 Å². The molecule has 12 heavy (non-hydrogen) atoms. The second-order valence-corrected chi connectivity index (χ2v) is 2.57.